The van der Waals surface area contributed by atoms with Gasteiger partial charge in [0, 0.05) is 17.9 Å². The molecule has 0 radical (unpaired) electrons. The van der Waals surface area contributed by atoms with Gasteiger partial charge < -0.3 is 15.6 Å². The van der Waals surface area contributed by atoms with E-state index in [1.54, 1.807) is 19.1 Å². The summed E-state index contributed by atoms with van der Waals surface area (Å²) in [6.45, 7) is 1.45. The van der Waals surface area contributed by atoms with Gasteiger partial charge in [-0.3, -0.25) is 4.55 Å². The Hall–Kier alpha value is -2.36. The number of anilines is 1. The van der Waals surface area contributed by atoms with Gasteiger partial charge in [0.05, 0.1) is 17.6 Å². The zero-order valence-corrected chi connectivity index (χ0v) is 17.8. The van der Waals surface area contributed by atoms with Gasteiger partial charge >= 0.3 is 10.3 Å². The number of rotatable bonds is 6. The van der Waals surface area contributed by atoms with Crippen LogP contribution in [0.4, 0.5) is 10.2 Å². The van der Waals surface area contributed by atoms with Gasteiger partial charge in [-0.05, 0) is 24.6 Å². The van der Waals surface area contributed by atoms with Crippen molar-refractivity contribution in [3.8, 4) is 0 Å². The zero-order chi connectivity index (χ0) is 22.3. The SMILES string of the molecule is Cc1ccc(Sc2nn([C@H]3C[C@H](O)[C@@H](CNS(=O)(=O)O)O3)c3ncnc(N)c23)c(F)c1. The number of nitrogens with one attached hydrogen (secondary N) is 1. The van der Waals surface area contributed by atoms with E-state index in [2.05, 4.69) is 15.1 Å². The number of hydrogen-bond acceptors (Lipinski definition) is 9. The predicted octanol–water partition coefficient (Wildman–Crippen LogP) is 1.05. The van der Waals surface area contributed by atoms with Crippen LogP contribution >= 0.6 is 11.8 Å². The summed E-state index contributed by atoms with van der Waals surface area (Å²) >= 11 is 1.05. The van der Waals surface area contributed by atoms with Crippen molar-refractivity contribution >= 4 is 38.9 Å². The number of nitrogens with two attached hydrogens (primary N) is 1. The highest BCUT2D eigenvalue weighted by atomic mass is 32.2. The van der Waals surface area contributed by atoms with Crippen LogP contribution in [0.25, 0.3) is 11.0 Å². The Morgan fingerprint density at radius 1 is 1.42 bits per heavy atom. The monoisotopic (exact) mass is 470 g/mol. The molecule has 0 amide bonds. The number of ether oxygens (including phenoxy) is 1. The zero-order valence-electron chi connectivity index (χ0n) is 16.1. The van der Waals surface area contributed by atoms with Gasteiger partial charge in [0.25, 0.3) is 0 Å². The normalized spacial score (nSPS) is 21.7. The summed E-state index contributed by atoms with van der Waals surface area (Å²) in [5.74, 6) is -0.263. The van der Waals surface area contributed by atoms with E-state index >= 15 is 0 Å². The van der Waals surface area contributed by atoms with E-state index in [0.717, 1.165) is 17.3 Å². The topological polar surface area (TPSA) is 165 Å². The van der Waals surface area contributed by atoms with Crippen molar-refractivity contribution in [2.45, 2.75) is 41.7 Å². The Morgan fingerprint density at radius 2 is 2.19 bits per heavy atom. The number of aliphatic hydroxyl groups excluding tert-OH is 1. The van der Waals surface area contributed by atoms with Crippen LogP contribution in [0.15, 0.2) is 34.4 Å². The van der Waals surface area contributed by atoms with E-state index in [1.165, 1.54) is 17.1 Å². The minimum Gasteiger partial charge on any atom is -0.390 e. The highest BCUT2D eigenvalue weighted by molar-refractivity contribution is 7.99. The number of nitrogen functional groups attached to an aromatic ring is 1. The highest BCUT2D eigenvalue weighted by Gasteiger charge is 2.37. The molecule has 2 aromatic heterocycles. The molecule has 166 valence electrons. The molecular formula is C17H19FN6O5S2. The van der Waals surface area contributed by atoms with E-state index in [9.17, 15) is 17.9 Å². The van der Waals surface area contributed by atoms with Crippen molar-refractivity contribution in [1.29, 1.82) is 0 Å². The average Bonchev–Trinajstić information content (AvgIpc) is 3.23. The van der Waals surface area contributed by atoms with E-state index in [4.69, 9.17) is 15.0 Å². The third-order valence-corrected chi connectivity index (χ3v) is 6.29. The van der Waals surface area contributed by atoms with Crippen LogP contribution < -0.4 is 10.5 Å². The van der Waals surface area contributed by atoms with E-state index in [-0.39, 0.29) is 18.8 Å². The number of fused-ring (bicyclic) bond motifs is 1. The van der Waals surface area contributed by atoms with Crippen LogP contribution in [0.5, 0.6) is 0 Å². The fourth-order valence-corrected chi connectivity index (χ4v) is 4.57. The fraction of sp³-hybridized carbons (Fsp3) is 0.353. The summed E-state index contributed by atoms with van der Waals surface area (Å²) in [5, 5.41) is 15.5. The lowest BCUT2D eigenvalue weighted by Crippen LogP contribution is -2.36. The van der Waals surface area contributed by atoms with Gasteiger partial charge in [-0.1, -0.05) is 17.8 Å². The van der Waals surface area contributed by atoms with Gasteiger partial charge in [-0.2, -0.15) is 18.2 Å². The first-order chi connectivity index (χ1) is 14.6. The van der Waals surface area contributed by atoms with Crippen molar-refractivity contribution in [3.63, 3.8) is 0 Å². The first kappa shape index (κ1) is 21.9. The molecule has 11 nitrogen and oxygen atoms in total. The average molecular weight is 471 g/mol. The molecule has 4 rings (SSSR count). The second kappa shape index (κ2) is 8.29. The molecule has 0 saturated carbocycles. The molecule has 14 heteroatoms. The minimum atomic E-state index is -4.43. The summed E-state index contributed by atoms with van der Waals surface area (Å²) in [6, 6.07) is 4.81. The second-order valence-electron chi connectivity index (χ2n) is 7.00. The summed E-state index contributed by atoms with van der Waals surface area (Å²) in [7, 11) is -4.43. The number of halogens is 1. The van der Waals surface area contributed by atoms with Crippen molar-refractivity contribution in [1.82, 2.24) is 24.5 Å². The molecule has 1 aromatic carbocycles. The molecule has 0 bridgehead atoms. The van der Waals surface area contributed by atoms with Gasteiger partial charge in [0.1, 0.15) is 23.0 Å². The lowest BCUT2D eigenvalue weighted by Gasteiger charge is -2.15. The number of aromatic nitrogens is 4. The maximum atomic E-state index is 14.4. The van der Waals surface area contributed by atoms with Crippen LogP contribution in [0.3, 0.4) is 0 Å². The summed E-state index contributed by atoms with van der Waals surface area (Å²) in [6.07, 6.45) is -1.40. The maximum absolute atomic E-state index is 14.4. The molecule has 3 heterocycles. The second-order valence-corrected chi connectivity index (χ2v) is 9.27. The molecule has 0 unspecified atom stereocenters. The van der Waals surface area contributed by atoms with Crippen LogP contribution in [0.2, 0.25) is 0 Å². The summed E-state index contributed by atoms with van der Waals surface area (Å²) < 4.78 is 54.1. The molecule has 3 atom stereocenters. The lowest BCUT2D eigenvalue weighted by molar-refractivity contribution is -0.0190. The van der Waals surface area contributed by atoms with Crippen molar-refractivity contribution in [2.24, 2.45) is 0 Å². The molecular weight excluding hydrogens is 451 g/mol. The Kier molecular flexibility index (Phi) is 5.85. The number of nitrogens with zero attached hydrogens (tertiary/aromatic N) is 4. The highest BCUT2D eigenvalue weighted by Crippen LogP contribution is 2.38. The van der Waals surface area contributed by atoms with Crippen LogP contribution in [-0.2, 0) is 15.0 Å². The Bertz CT molecular complexity index is 1240. The maximum Gasteiger partial charge on any atom is 0.333 e. The standard InChI is InChI=1S/C17H19FN6O5S2/c1-8-2-3-12(9(18)4-8)30-17-14-15(19)20-7-21-16(14)24(23-17)13-5-10(25)11(29-13)6-22-31(26,27)28/h2-4,7,10-11,13,22,25H,5-6H2,1H3,(H2,19,20,21)(H,26,27,28)/t10-,11+,13+/m0/s1. The Labute approximate surface area is 180 Å². The Balaban J connectivity index is 1.67. The molecule has 0 spiro atoms. The predicted molar refractivity (Wildman–Crippen MR) is 109 cm³/mol. The molecule has 0 aliphatic carbocycles. The van der Waals surface area contributed by atoms with E-state index in [1.807, 2.05) is 4.72 Å². The Morgan fingerprint density at radius 3 is 2.90 bits per heavy atom. The van der Waals surface area contributed by atoms with Crippen molar-refractivity contribution < 1.29 is 27.2 Å². The fourth-order valence-electron chi connectivity index (χ4n) is 3.26. The molecule has 1 aliphatic heterocycles. The molecule has 5 N–H and O–H groups in total. The van der Waals surface area contributed by atoms with Gasteiger partial charge in [-0.25, -0.2) is 19.0 Å². The van der Waals surface area contributed by atoms with Gasteiger partial charge in [0.15, 0.2) is 11.9 Å². The first-order valence-electron chi connectivity index (χ1n) is 9.10. The molecule has 3 aromatic rings. The summed E-state index contributed by atoms with van der Waals surface area (Å²) in [5.41, 5.74) is 7.13. The molecule has 31 heavy (non-hydrogen) atoms. The third-order valence-electron chi connectivity index (χ3n) is 4.72. The van der Waals surface area contributed by atoms with Crippen molar-refractivity contribution in [2.75, 3.05) is 12.3 Å². The smallest absolute Gasteiger partial charge is 0.333 e. The van der Waals surface area contributed by atoms with Gasteiger partial charge in [0.2, 0.25) is 0 Å². The van der Waals surface area contributed by atoms with Crippen LogP contribution in [0, 0.1) is 12.7 Å². The van der Waals surface area contributed by atoms with E-state index < -0.39 is 34.6 Å². The van der Waals surface area contributed by atoms with Crippen molar-refractivity contribution in [3.05, 3.63) is 35.9 Å². The third kappa shape index (κ3) is 4.63. The quantitative estimate of drug-likeness (QED) is 0.383. The first-order valence-corrected chi connectivity index (χ1v) is 11.4. The van der Waals surface area contributed by atoms with E-state index in [0.29, 0.717) is 21.0 Å². The van der Waals surface area contributed by atoms with Gasteiger partial charge in [-0.15, -0.1) is 0 Å². The molecule has 1 aliphatic rings. The number of benzene rings is 1. The van der Waals surface area contributed by atoms with Crippen LogP contribution in [0.1, 0.15) is 18.2 Å². The van der Waals surface area contributed by atoms with Crippen LogP contribution in [-0.4, -0.2) is 56.6 Å². The largest absolute Gasteiger partial charge is 0.390 e. The number of aliphatic hydroxyl groups is 1. The summed E-state index contributed by atoms with van der Waals surface area (Å²) in [4.78, 5) is 8.53. The lowest BCUT2D eigenvalue weighted by atomic mass is 10.2. The molecule has 1 saturated heterocycles. The molecule has 1 fully saturated rings. The number of hydrogen-bond donors (Lipinski definition) is 4. The number of aryl methyl sites for hydroxylation is 1. The minimum absolute atomic E-state index is 0.0848.